The Bertz CT molecular complexity index is 1320. The molecule has 3 aromatic rings. The number of carbonyl (C=O) groups excluding carboxylic acids is 1. The molecular formula is C22H16ClN3O2S. The molecule has 0 N–H and O–H groups in total. The minimum absolute atomic E-state index is 0.0662. The number of halogens is 1. The van der Waals surface area contributed by atoms with E-state index in [1.165, 1.54) is 11.3 Å². The Kier molecular flexibility index (Phi) is 4.53. The fourth-order valence-electron chi connectivity index (χ4n) is 3.88. The number of aromatic nitrogens is 2. The van der Waals surface area contributed by atoms with E-state index in [1.54, 1.807) is 29.1 Å². The standard InChI is InChI=1S/C22H16ClN3O2S/c23-15-8-6-14(7-9-15)20-19-16(4-1-5-17(19)27)25-22-26(20)21(28)18(29-22)11-13-3-2-10-24-12-13/h2-3,6-12,20H,1,4-5H2/b18-11-/t20-/m1/s1. The number of ketones is 1. The van der Waals surface area contributed by atoms with E-state index < -0.39 is 6.04 Å². The van der Waals surface area contributed by atoms with Gasteiger partial charge in [-0.2, -0.15) is 0 Å². The molecule has 7 heteroatoms. The SMILES string of the molecule is O=C1CCCC2=C1[C@@H](c1ccc(Cl)cc1)n1c(s/c(=C\c3cccnc3)c1=O)=N2. The number of allylic oxidation sites excluding steroid dienone is 2. The molecule has 5 nitrogen and oxygen atoms in total. The summed E-state index contributed by atoms with van der Waals surface area (Å²) in [5.41, 5.74) is 3.00. The summed E-state index contributed by atoms with van der Waals surface area (Å²) in [5, 5.41) is 0.613. The van der Waals surface area contributed by atoms with Gasteiger partial charge in [0.15, 0.2) is 10.6 Å². The Balaban J connectivity index is 1.77. The van der Waals surface area contributed by atoms with Crippen molar-refractivity contribution in [2.45, 2.75) is 25.3 Å². The minimum Gasteiger partial charge on any atom is -0.294 e. The van der Waals surface area contributed by atoms with E-state index >= 15 is 0 Å². The molecule has 0 fully saturated rings. The van der Waals surface area contributed by atoms with Gasteiger partial charge in [-0.15, -0.1) is 0 Å². The molecule has 1 aliphatic carbocycles. The van der Waals surface area contributed by atoms with Crippen LogP contribution in [0.15, 0.2) is 69.8 Å². The van der Waals surface area contributed by atoms with Crippen molar-refractivity contribution in [2.24, 2.45) is 4.99 Å². The van der Waals surface area contributed by atoms with Crippen molar-refractivity contribution in [1.82, 2.24) is 9.55 Å². The lowest BCUT2D eigenvalue weighted by atomic mass is 9.86. The number of rotatable bonds is 2. The molecule has 1 atom stereocenters. The summed E-state index contributed by atoms with van der Waals surface area (Å²) in [6.45, 7) is 0. The van der Waals surface area contributed by atoms with Crippen LogP contribution in [-0.2, 0) is 4.79 Å². The summed E-state index contributed by atoms with van der Waals surface area (Å²) in [6.07, 6.45) is 7.25. The number of Topliss-reactive ketones (excluding diaryl/α,β-unsaturated/α-hetero) is 1. The van der Waals surface area contributed by atoms with Crippen molar-refractivity contribution >= 4 is 34.8 Å². The first kappa shape index (κ1) is 18.2. The maximum atomic E-state index is 13.4. The number of benzene rings is 1. The topological polar surface area (TPSA) is 64.3 Å². The van der Waals surface area contributed by atoms with Crippen LogP contribution in [0.25, 0.3) is 6.08 Å². The molecule has 0 radical (unpaired) electrons. The molecular weight excluding hydrogens is 406 g/mol. The van der Waals surface area contributed by atoms with Gasteiger partial charge in [0.1, 0.15) is 0 Å². The summed E-state index contributed by atoms with van der Waals surface area (Å²) in [5.74, 6) is 0.0662. The van der Waals surface area contributed by atoms with E-state index in [0.29, 0.717) is 26.4 Å². The van der Waals surface area contributed by atoms with Gasteiger partial charge in [0.25, 0.3) is 5.56 Å². The van der Waals surface area contributed by atoms with Gasteiger partial charge in [-0.3, -0.25) is 19.1 Å². The largest absolute Gasteiger partial charge is 0.294 e. The quantitative estimate of drug-likeness (QED) is 0.639. The van der Waals surface area contributed by atoms with Crippen LogP contribution in [0.4, 0.5) is 0 Å². The average molecular weight is 422 g/mol. The molecule has 0 spiro atoms. The highest BCUT2D eigenvalue weighted by molar-refractivity contribution is 7.07. The molecule has 0 bridgehead atoms. The van der Waals surface area contributed by atoms with Crippen molar-refractivity contribution < 1.29 is 4.79 Å². The van der Waals surface area contributed by atoms with Crippen molar-refractivity contribution in [3.8, 4) is 0 Å². The Morgan fingerprint density at radius 3 is 2.72 bits per heavy atom. The highest BCUT2D eigenvalue weighted by Gasteiger charge is 2.34. The number of hydrogen-bond donors (Lipinski definition) is 0. The third-order valence-electron chi connectivity index (χ3n) is 5.20. The van der Waals surface area contributed by atoms with Crippen LogP contribution in [0.5, 0.6) is 0 Å². The fraction of sp³-hybridized carbons (Fsp3) is 0.182. The predicted molar refractivity (Wildman–Crippen MR) is 113 cm³/mol. The second kappa shape index (κ2) is 7.21. The lowest BCUT2D eigenvalue weighted by Gasteiger charge is -2.28. The van der Waals surface area contributed by atoms with Crippen molar-refractivity contribution in [3.05, 3.63) is 95.9 Å². The number of carbonyl (C=O) groups is 1. The fourth-order valence-corrected chi connectivity index (χ4v) is 5.03. The van der Waals surface area contributed by atoms with Gasteiger partial charge < -0.3 is 0 Å². The van der Waals surface area contributed by atoms with Crippen LogP contribution in [0.1, 0.15) is 36.4 Å². The maximum absolute atomic E-state index is 13.4. The summed E-state index contributed by atoms with van der Waals surface area (Å²) < 4.78 is 2.22. The second-order valence-electron chi connectivity index (χ2n) is 7.06. The zero-order valence-electron chi connectivity index (χ0n) is 15.3. The van der Waals surface area contributed by atoms with Gasteiger partial charge in [0, 0.05) is 29.4 Å². The van der Waals surface area contributed by atoms with E-state index in [0.717, 1.165) is 29.7 Å². The van der Waals surface area contributed by atoms with Crippen molar-refractivity contribution in [2.75, 3.05) is 0 Å². The first-order chi connectivity index (χ1) is 14.1. The Morgan fingerprint density at radius 1 is 1.14 bits per heavy atom. The van der Waals surface area contributed by atoms with Gasteiger partial charge >= 0.3 is 0 Å². The molecule has 0 saturated carbocycles. The summed E-state index contributed by atoms with van der Waals surface area (Å²) in [7, 11) is 0. The van der Waals surface area contributed by atoms with Crippen LogP contribution in [0.2, 0.25) is 5.02 Å². The van der Waals surface area contributed by atoms with Gasteiger partial charge in [-0.25, -0.2) is 4.99 Å². The third-order valence-corrected chi connectivity index (χ3v) is 6.43. The normalized spacial score (nSPS) is 19.0. The maximum Gasteiger partial charge on any atom is 0.271 e. The summed E-state index contributed by atoms with van der Waals surface area (Å²) in [6, 6.07) is 10.6. The molecule has 0 unspecified atom stereocenters. The van der Waals surface area contributed by atoms with Crippen molar-refractivity contribution in [3.63, 3.8) is 0 Å². The zero-order chi connectivity index (χ0) is 20.0. The Morgan fingerprint density at radius 2 is 1.97 bits per heavy atom. The molecule has 5 rings (SSSR count). The summed E-state index contributed by atoms with van der Waals surface area (Å²) in [4.78, 5) is 35.6. The third kappa shape index (κ3) is 3.18. The van der Waals surface area contributed by atoms with E-state index in [1.807, 2.05) is 30.3 Å². The highest BCUT2D eigenvalue weighted by Crippen LogP contribution is 2.36. The number of fused-ring (bicyclic) bond motifs is 1. The molecule has 0 saturated heterocycles. The molecule has 1 aliphatic heterocycles. The van der Waals surface area contributed by atoms with Gasteiger partial charge in [0.05, 0.1) is 16.3 Å². The lowest BCUT2D eigenvalue weighted by molar-refractivity contribution is -0.116. The molecule has 2 aromatic heterocycles. The van der Waals surface area contributed by atoms with Crippen LogP contribution < -0.4 is 14.9 Å². The minimum atomic E-state index is -0.470. The number of hydrogen-bond acceptors (Lipinski definition) is 5. The van der Waals surface area contributed by atoms with Gasteiger partial charge in [0.2, 0.25) is 0 Å². The molecule has 2 aliphatic rings. The first-order valence-electron chi connectivity index (χ1n) is 9.35. The second-order valence-corrected chi connectivity index (χ2v) is 8.50. The monoisotopic (exact) mass is 421 g/mol. The summed E-state index contributed by atoms with van der Waals surface area (Å²) >= 11 is 7.41. The van der Waals surface area contributed by atoms with Crippen LogP contribution >= 0.6 is 22.9 Å². The Labute approximate surface area is 175 Å². The highest BCUT2D eigenvalue weighted by atomic mass is 35.5. The Hall–Kier alpha value is -2.83. The number of nitrogens with zero attached hydrogens (tertiary/aromatic N) is 3. The predicted octanol–water partition coefficient (Wildman–Crippen LogP) is 3.02. The molecule has 29 heavy (non-hydrogen) atoms. The average Bonchev–Trinajstić information content (AvgIpc) is 3.03. The van der Waals surface area contributed by atoms with Crippen LogP contribution in [0, 0.1) is 0 Å². The van der Waals surface area contributed by atoms with Gasteiger partial charge in [-0.05, 0) is 48.2 Å². The van der Waals surface area contributed by atoms with E-state index in [2.05, 4.69) is 4.98 Å². The smallest absolute Gasteiger partial charge is 0.271 e. The van der Waals surface area contributed by atoms with E-state index in [4.69, 9.17) is 16.6 Å². The van der Waals surface area contributed by atoms with Crippen LogP contribution in [-0.4, -0.2) is 15.3 Å². The van der Waals surface area contributed by atoms with Crippen molar-refractivity contribution in [1.29, 1.82) is 0 Å². The zero-order valence-corrected chi connectivity index (χ0v) is 16.9. The molecule has 3 heterocycles. The van der Waals surface area contributed by atoms with Crippen LogP contribution in [0.3, 0.4) is 0 Å². The number of pyridine rings is 1. The number of thiazole rings is 1. The molecule has 0 amide bonds. The van der Waals surface area contributed by atoms with E-state index in [-0.39, 0.29) is 11.3 Å². The van der Waals surface area contributed by atoms with E-state index in [9.17, 15) is 9.59 Å². The lowest BCUT2D eigenvalue weighted by Crippen LogP contribution is -2.40. The molecule has 1 aromatic carbocycles. The van der Waals surface area contributed by atoms with Gasteiger partial charge in [-0.1, -0.05) is 41.1 Å². The molecule has 144 valence electrons. The first-order valence-corrected chi connectivity index (χ1v) is 10.5.